The summed E-state index contributed by atoms with van der Waals surface area (Å²) in [6, 6.07) is 10.1. The first-order chi connectivity index (χ1) is 9.51. The van der Waals surface area contributed by atoms with Gasteiger partial charge < -0.3 is 9.84 Å². The Hall–Kier alpha value is -0.660. The Labute approximate surface area is 139 Å². The summed E-state index contributed by atoms with van der Waals surface area (Å²) in [5.41, 5.74) is 1.71. The molecule has 2 nitrogen and oxygen atoms in total. The second kappa shape index (κ2) is 6.87. The maximum atomic E-state index is 13.1. The van der Waals surface area contributed by atoms with Gasteiger partial charge in [0.25, 0.3) is 0 Å². The lowest BCUT2D eigenvalue weighted by Crippen LogP contribution is -2.04. The first-order valence-corrected chi connectivity index (χ1v) is 7.84. The Kier molecular flexibility index (Phi) is 5.40. The minimum Gasteiger partial charge on any atom is -0.496 e. The highest BCUT2D eigenvalue weighted by Gasteiger charge is 2.13. The Morgan fingerprint density at radius 1 is 1.30 bits per heavy atom. The van der Waals surface area contributed by atoms with Gasteiger partial charge in [0.1, 0.15) is 11.6 Å². The van der Waals surface area contributed by atoms with Crippen molar-refractivity contribution in [3.05, 3.63) is 61.4 Å². The normalized spacial score (nSPS) is 12.2. The number of hydrogen-bond acceptors (Lipinski definition) is 2. The van der Waals surface area contributed by atoms with Crippen molar-refractivity contribution in [2.45, 2.75) is 12.5 Å². The maximum absolute atomic E-state index is 13.1. The minimum absolute atomic E-state index is 0.294. The third kappa shape index (κ3) is 3.71. The molecule has 5 heteroatoms. The fourth-order valence-corrected chi connectivity index (χ4v) is 3.37. The number of aliphatic hydroxyl groups is 1. The summed E-state index contributed by atoms with van der Waals surface area (Å²) in [6.45, 7) is 0. The molecule has 2 aromatic rings. The molecule has 0 aliphatic rings. The van der Waals surface area contributed by atoms with Crippen molar-refractivity contribution >= 4 is 38.5 Å². The molecule has 0 saturated heterocycles. The van der Waals surface area contributed by atoms with E-state index in [1.807, 2.05) is 40.8 Å². The summed E-state index contributed by atoms with van der Waals surface area (Å²) in [7, 11) is 1.61. The van der Waals surface area contributed by atoms with Crippen molar-refractivity contribution in [1.29, 1.82) is 0 Å². The maximum Gasteiger partial charge on any atom is 0.133 e. The van der Waals surface area contributed by atoms with E-state index in [0.717, 1.165) is 24.9 Å². The molecule has 0 heterocycles. The lowest BCUT2D eigenvalue weighted by molar-refractivity contribution is 0.177. The molecule has 1 atom stereocenters. The van der Waals surface area contributed by atoms with E-state index in [1.165, 1.54) is 12.1 Å². The lowest BCUT2D eigenvalue weighted by atomic mass is 10.0. The van der Waals surface area contributed by atoms with E-state index in [1.54, 1.807) is 13.2 Å². The Morgan fingerprint density at radius 2 is 2.05 bits per heavy atom. The summed E-state index contributed by atoms with van der Waals surface area (Å²) in [5, 5.41) is 10.3. The van der Waals surface area contributed by atoms with Crippen LogP contribution < -0.4 is 4.74 Å². The molecule has 1 N–H and O–H groups in total. The van der Waals surface area contributed by atoms with Gasteiger partial charge in [0.05, 0.1) is 17.7 Å². The molecule has 0 saturated carbocycles. The largest absolute Gasteiger partial charge is 0.496 e. The van der Waals surface area contributed by atoms with Crippen LogP contribution in [0.15, 0.2) is 40.9 Å². The zero-order valence-electron chi connectivity index (χ0n) is 10.7. The fraction of sp³-hybridized carbons (Fsp3) is 0.200. The monoisotopic (exact) mass is 450 g/mol. The molecular weight excluding hydrogens is 438 g/mol. The zero-order chi connectivity index (χ0) is 14.7. The molecule has 2 aromatic carbocycles. The zero-order valence-corrected chi connectivity index (χ0v) is 14.5. The Morgan fingerprint density at radius 3 is 2.65 bits per heavy atom. The van der Waals surface area contributed by atoms with E-state index >= 15 is 0 Å². The molecule has 0 fully saturated rings. The number of halogens is 3. The van der Waals surface area contributed by atoms with Crippen LogP contribution in [0.1, 0.15) is 17.2 Å². The minimum atomic E-state index is -0.664. The van der Waals surface area contributed by atoms with Gasteiger partial charge in [-0.1, -0.05) is 12.1 Å². The first kappa shape index (κ1) is 15.7. The highest BCUT2D eigenvalue weighted by Crippen LogP contribution is 2.29. The van der Waals surface area contributed by atoms with E-state index in [9.17, 15) is 9.50 Å². The molecule has 0 aliphatic carbocycles. The number of hydrogen-bond donors (Lipinski definition) is 1. The number of rotatable bonds is 4. The molecule has 2 rings (SSSR count). The van der Waals surface area contributed by atoms with Gasteiger partial charge >= 0.3 is 0 Å². The summed E-state index contributed by atoms with van der Waals surface area (Å²) in [4.78, 5) is 0. The van der Waals surface area contributed by atoms with Crippen LogP contribution in [-0.2, 0) is 6.42 Å². The predicted molar refractivity (Wildman–Crippen MR) is 88.5 cm³/mol. The molecule has 0 amide bonds. The van der Waals surface area contributed by atoms with Crippen LogP contribution in [0, 0.1) is 9.39 Å². The van der Waals surface area contributed by atoms with Gasteiger partial charge in [0.2, 0.25) is 0 Å². The van der Waals surface area contributed by atoms with Crippen LogP contribution in [0.2, 0.25) is 0 Å². The van der Waals surface area contributed by atoms with Crippen molar-refractivity contribution in [3.63, 3.8) is 0 Å². The molecule has 20 heavy (non-hydrogen) atoms. The highest BCUT2D eigenvalue weighted by atomic mass is 127. The lowest BCUT2D eigenvalue weighted by Gasteiger charge is -2.14. The second-order valence-electron chi connectivity index (χ2n) is 4.35. The molecule has 1 unspecified atom stereocenters. The van der Waals surface area contributed by atoms with E-state index in [-0.39, 0.29) is 5.82 Å². The summed E-state index contributed by atoms with van der Waals surface area (Å²) in [5.74, 6) is 0.456. The van der Waals surface area contributed by atoms with Gasteiger partial charge in [0, 0.05) is 9.99 Å². The SMILES string of the molecule is COc1ccc(CC(O)c2ccc(F)cc2I)cc1Br. The van der Waals surface area contributed by atoms with Crippen LogP contribution in [0.25, 0.3) is 0 Å². The van der Waals surface area contributed by atoms with Crippen LogP contribution in [0.4, 0.5) is 4.39 Å². The molecule has 0 aromatic heterocycles. The van der Waals surface area contributed by atoms with Crippen molar-refractivity contribution in [2.24, 2.45) is 0 Å². The Bertz CT molecular complexity index is 619. The Balaban J connectivity index is 2.18. The summed E-state index contributed by atoms with van der Waals surface area (Å²) in [6.07, 6.45) is -0.202. The van der Waals surface area contributed by atoms with Crippen LogP contribution in [0.5, 0.6) is 5.75 Å². The average molecular weight is 451 g/mol. The van der Waals surface area contributed by atoms with Gasteiger partial charge in [0.15, 0.2) is 0 Å². The van der Waals surface area contributed by atoms with Crippen LogP contribution in [-0.4, -0.2) is 12.2 Å². The van der Waals surface area contributed by atoms with Crippen molar-refractivity contribution in [2.75, 3.05) is 7.11 Å². The van der Waals surface area contributed by atoms with Crippen LogP contribution >= 0.6 is 38.5 Å². The van der Waals surface area contributed by atoms with Crippen LogP contribution in [0.3, 0.4) is 0 Å². The molecule has 0 aliphatic heterocycles. The predicted octanol–water partition coefficient (Wildman–Crippen LogP) is 4.48. The number of ether oxygens (including phenoxy) is 1. The van der Waals surface area contributed by atoms with Gasteiger partial charge in [-0.05, 0) is 73.9 Å². The van der Waals surface area contributed by atoms with Gasteiger partial charge in [-0.3, -0.25) is 0 Å². The highest BCUT2D eigenvalue weighted by molar-refractivity contribution is 14.1. The third-order valence-corrected chi connectivity index (χ3v) is 4.52. The van der Waals surface area contributed by atoms with Gasteiger partial charge in [-0.25, -0.2) is 4.39 Å². The van der Waals surface area contributed by atoms with Gasteiger partial charge in [-0.2, -0.15) is 0 Å². The topological polar surface area (TPSA) is 29.5 Å². The quantitative estimate of drug-likeness (QED) is 0.696. The standard InChI is InChI=1S/C15H13BrFIO2/c1-20-15-5-2-9(6-12(15)16)7-14(19)11-4-3-10(17)8-13(11)18/h2-6,8,14,19H,7H2,1H3. The number of aliphatic hydroxyl groups excluding tert-OH is 1. The van der Waals surface area contributed by atoms with Gasteiger partial charge in [-0.15, -0.1) is 0 Å². The molecule has 0 bridgehead atoms. The smallest absolute Gasteiger partial charge is 0.133 e. The summed E-state index contributed by atoms with van der Waals surface area (Å²) >= 11 is 5.45. The molecule has 0 radical (unpaired) electrons. The van der Waals surface area contributed by atoms with E-state index in [4.69, 9.17) is 4.74 Å². The fourth-order valence-electron chi connectivity index (χ4n) is 1.94. The number of benzene rings is 2. The van der Waals surface area contributed by atoms with Crippen molar-refractivity contribution < 1.29 is 14.2 Å². The summed E-state index contributed by atoms with van der Waals surface area (Å²) < 4.78 is 19.8. The molecular formula is C15H13BrFIO2. The molecule has 0 spiro atoms. The van der Waals surface area contributed by atoms with E-state index in [2.05, 4.69) is 15.9 Å². The van der Waals surface area contributed by atoms with E-state index in [0.29, 0.717) is 6.42 Å². The van der Waals surface area contributed by atoms with Crippen molar-refractivity contribution in [1.82, 2.24) is 0 Å². The first-order valence-electron chi connectivity index (χ1n) is 5.96. The number of methoxy groups -OCH3 is 1. The second-order valence-corrected chi connectivity index (χ2v) is 6.37. The third-order valence-electron chi connectivity index (χ3n) is 2.97. The van der Waals surface area contributed by atoms with E-state index < -0.39 is 6.10 Å². The van der Waals surface area contributed by atoms with Crippen molar-refractivity contribution in [3.8, 4) is 5.75 Å². The average Bonchev–Trinajstić information content (AvgIpc) is 2.38. The molecule has 106 valence electrons.